The van der Waals surface area contributed by atoms with Gasteiger partial charge in [0.05, 0.1) is 5.94 Å². The number of rotatable bonds is 8. The normalized spacial score (nSPS) is 17.1. The van der Waals surface area contributed by atoms with Gasteiger partial charge in [-0.15, -0.1) is 0 Å². The first-order valence-corrected chi connectivity index (χ1v) is 9.66. The van der Waals surface area contributed by atoms with E-state index in [2.05, 4.69) is 10.6 Å². The van der Waals surface area contributed by atoms with Crippen LogP contribution < -0.4 is 10.6 Å². The average Bonchev–Trinajstić information content (AvgIpc) is 3.17. The lowest BCUT2D eigenvalue weighted by atomic mass is 9.78. The molecule has 28 heavy (non-hydrogen) atoms. The van der Waals surface area contributed by atoms with E-state index < -0.39 is 19.1 Å². The van der Waals surface area contributed by atoms with E-state index in [0.29, 0.717) is 44.3 Å². The fourth-order valence-electron chi connectivity index (χ4n) is 3.26. The summed E-state index contributed by atoms with van der Waals surface area (Å²) in [5.74, 6) is -1.32. The van der Waals surface area contributed by atoms with Gasteiger partial charge in [-0.3, -0.25) is 14.4 Å². The van der Waals surface area contributed by atoms with E-state index in [-0.39, 0.29) is 17.7 Å². The lowest BCUT2D eigenvalue weighted by molar-refractivity contribution is -0.132. The van der Waals surface area contributed by atoms with E-state index >= 15 is 0 Å². The van der Waals surface area contributed by atoms with Crippen molar-refractivity contribution in [2.24, 2.45) is 0 Å². The van der Waals surface area contributed by atoms with Gasteiger partial charge in [0.1, 0.15) is 6.04 Å². The number of nitrogens with zero attached hydrogens (tertiary/aromatic N) is 1. The Kier molecular flexibility index (Phi) is 8.01. The third kappa shape index (κ3) is 5.80. The van der Waals surface area contributed by atoms with Gasteiger partial charge in [-0.2, -0.15) is 0 Å². The van der Waals surface area contributed by atoms with Crippen LogP contribution in [0.15, 0.2) is 24.3 Å². The van der Waals surface area contributed by atoms with Crippen LogP contribution in [0, 0.1) is 0 Å². The highest BCUT2D eigenvalue weighted by Crippen LogP contribution is 2.19. The minimum absolute atomic E-state index is 0.00334. The zero-order chi connectivity index (χ0) is 20.7. The third-order valence-corrected chi connectivity index (χ3v) is 4.92. The summed E-state index contributed by atoms with van der Waals surface area (Å²) in [6, 6.07) is 6.23. The van der Waals surface area contributed by atoms with Crippen LogP contribution in [-0.4, -0.2) is 64.9 Å². The topological polar surface area (TPSA) is 119 Å². The molecule has 0 saturated carbocycles. The molecule has 1 aromatic rings. The molecule has 0 aliphatic carbocycles. The summed E-state index contributed by atoms with van der Waals surface area (Å²) in [4.78, 5) is 37.6. The molecule has 0 bridgehead atoms. The lowest BCUT2D eigenvalue weighted by Crippen LogP contribution is -2.52. The molecular formula is C19H28BN3O5. The maximum atomic E-state index is 12.5. The molecule has 152 valence electrons. The molecule has 2 atom stereocenters. The van der Waals surface area contributed by atoms with Gasteiger partial charge >= 0.3 is 7.12 Å². The quantitative estimate of drug-likeness (QED) is 0.462. The monoisotopic (exact) mass is 389 g/mol. The van der Waals surface area contributed by atoms with Crippen molar-refractivity contribution in [2.45, 2.75) is 51.5 Å². The molecule has 9 heteroatoms. The van der Waals surface area contributed by atoms with Crippen LogP contribution in [0.3, 0.4) is 0 Å². The highest BCUT2D eigenvalue weighted by atomic mass is 16.4. The maximum absolute atomic E-state index is 12.5. The zero-order valence-electron chi connectivity index (χ0n) is 16.4. The second-order valence-corrected chi connectivity index (χ2v) is 7.00. The molecule has 1 aromatic carbocycles. The second-order valence-electron chi connectivity index (χ2n) is 7.00. The Morgan fingerprint density at radius 2 is 1.93 bits per heavy atom. The number of carbonyl (C=O) groups excluding carboxylic acids is 3. The Morgan fingerprint density at radius 1 is 1.25 bits per heavy atom. The molecule has 0 radical (unpaired) electrons. The van der Waals surface area contributed by atoms with Gasteiger partial charge in [0, 0.05) is 25.1 Å². The van der Waals surface area contributed by atoms with Crippen LogP contribution in [-0.2, 0) is 16.0 Å². The smallest absolute Gasteiger partial charge is 0.426 e. The van der Waals surface area contributed by atoms with Crippen molar-refractivity contribution in [1.82, 2.24) is 15.5 Å². The number of carbonyl (C=O) groups is 3. The Morgan fingerprint density at radius 3 is 2.54 bits per heavy atom. The van der Waals surface area contributed by atoms with Crippen LogP contribution in [0.25, 0.3) is 0 Å². The summed E-state index contributed by atoms with van der Waals surface area (Å²) in [6.07, 6.45) is 2.35. The molecule has 0 unspecified atom stereocenters. The van der Waals surface area contributed by atoms with Crippen molar-refractivity contribution in [3.63, 3.8) is 0 Å². The van der Waals surface area contributed by atoms with Gasteiger partial charge in [0.2, 0.25) is 11.8 Å². The first-order chi connectivity index (χ1) is 13.3. The SMILES string of the molecule is CCC(=O)NCCc1ccc(C(=O)N[C@H](C)C(=O)N2CCC[C@H]2B(O)O)cc1. The van der Waals surface area contributed by atoms with Gasteiger partial charge in [-0.05, 0) is 43.9 Å². The van der Waals surface area contributed by atoms with Crippen molar-refractivity contribution in [3.8, 4) is 0 Å². The van der Waals surface area contributed by atoms with Crippen molar-refractivity contribution in [2.75, 3.05) is 13.1 Å². The second kappa shape index (κ2) is 10.2. The number of nitrogens with one attached hydrogen (secondary N) is 2. The minimum Gasteiger partial charge on any atom is -0.426 e. The highest BCUT2D eigenvalue weighted by molar-refractivity contribution is 6.43. The van der Waals surface area contributed by atoms with E-state index in [4.69, 9.17) is 0 Å². The summed E-state index contributed by atoms with van der Waals surface area (Å²) < 4.78 is 0. The third-order valence-electron chi connectivity index (χ3n) is 4.92. The lowest BCUT2D eigenvalue weighted by Gasteiger charge is -2.27. The van der Waals surface area contributed by atoms with Crippen molar-refractivity contribution in [1.29, 1.82) is 0 Å². The maximum Gasteiger partial charge on any atom is 0.475 e. The first kappa shape index (κ1) is 21.9. The van der Waals surface area contributed by atoms with E-state index in [0.717, 1.165) is 5.56 Å². The molecule has 8 nitrogen and oxygen atoms in total. The molecule has 1 aliphatic rings. The summed E-state index contributed by atoms with van der Waals surface area (Å²) in [5, 5.41) is 24.3. The average molecular weight is 389 g/mol. The van der Waals surface area contributed by atoms with Gasteiger partial charge in [-0.1, -0.05) is 19.1 Å². The van der Waals surface area contributed by atoms with Crippen LogP contribution in [0.1, 0.15) is 49.0 Å². The number of likely N-dealkylation sites (tertiary alicyclic amines) is 1. The Bertz CT molecular complexity index is 695. The predicted molar refractivity (Wildman–Crippen MR) is 105 cm³/mol. The van der Waals surface area contributed by atoms with Gasteiger partial charge in [0.25, 0.3) is 5.91 Å². The molecular weight excluding hydrogens is 361 g/mol. The highest BCUT2D eigenvalue weighted by Gasteiger charge is 2.38. The fourth-order valence-corrected chi connectivity index (χ4v) is 3.26. The summed E-state index contributed by atoms with van der Waals surface area (Å²) in [5.41, 5.74) is 1.43. The Balaban J connectivity index is 1.88. The first-order valence-electron chi connectivity index (χ1n) is 9.66. The minimum atomic E-state index is -1.58. The molecule has 1 heterocycles. The molecule has 3 amide bonds. The van der Waals surface area contributed by atoms with Gasteiger partial charge in [0.15, 0.2) is 0 Å². The van der Waals surface area contributed by atoms with Crippen LogP contribution in [0.5, 0.6) is 0 Å². The molecule has 1 aliphatic heterocycles. The number of amides is 3. The largest absolute Gasteiger partial charge is 0.475 e. The molecule has 1 saturated heterocycles. The number of hydrogen-bond donors (Lipinski definition) is 4. The van der Waals surface area contributed by atoms with E-state index in [1.165, 1.54) is 4.90 Å². The summed E-state index contributed by atoms with van der Waals surface area (Å²) in [7, 11) is -1.58. The summed E-state index contributed by atoms with van der Waals surface area (Å²) >= 11 is 0. The molecule has 4 N–H and O–H groups in total. The molecule has 2 rings (SSSR count). The van der Waals surface area contributed by atoms with Crippen molar-refractivity contribution >= 4 is 24.8 Å². The van der Waals surface area contributed by atoms with Gasteiger partial charge in [-0.25, -0.2) is 0 Å². The van der Waals surface area contributed by atoms with Crippen LogP contribution >= 0.6 is 0 Å². The number of hydrogen-bond acceptors (Lipinski definition) is 5. The Labute approximate surface area is 165 Å². The fraction of sp³-hybridized carbons (Fsp3) is 0.526. The molecule has 1 fully saturated rings. The molecule has 0 spiro atoms. The summed E-state index contributed by atoms with van der Waals surface area (Å²) in [6.45, 7) is 4.37. The van der Waals surface area contributed by atoms with Crippen molar-refractivity contribution < 1.29 is 24.4 Å². The van der Waals surface area contributed by atoms with E-state index in [1.54, 1.807) is 26.0 Å². The standard InChI is InChI=1S/C19H28BN3O5/c1-3-17(24)21-11-10-14-6-8-15(9-7-14)18(25)22-13(2)19(26)23-12-4-5-16(23)20(27)28/h6-9,13,16,27-28H,3-5,10-12H2,1-2H3,(H,21,24)(H,22,25)/t13-,16+/m1/s1. The van der Waals surface area contributed by atoms with E-state index in [9.17, 15) is 24.4 Å². The Hall–Kier alpha value is -2.39. The van der Waals surface area contributed by atoms with E-state index in [1.807, 2.05) is 12.1 Å². The number of benzene rings is 1. The van der Waals surface area contributed by atoms with Crippen LogP contribution in [0.2, 0.25) is 0 Å². The van der Waals surface area contributed by atoms with Crippen molar-refractivity contribution in [3.05, 3.63) is 35.4 Å². The van der Waals surface area contributed by atoms with Gasteiger partial charge < -0.3 is 25.6 Å². The van der Waals surface area contributed by atoms with Crippen LogP contribution in [0.4, 0.5) is 0 Å². The predicted octanol–water partition coefficient (Wildman–Crippen LogP) is -0.123. The zero-order valence-corrected chi connectivity index (χ0v) is 16.4. The molecule has 0 aromatic heterocycles.